The van der Waals surface area contributed by atoms with Crippen LogP contribution in [0.5, 0.6) is 0 Å². The van der Waals surface area contributed by atoms with Crippen LogP contribution in [0.4, 0.5) is 0 Å². The SMILES string of the molecule is CCC(CC)(CN)N1CCc2ccccc2C1=O. The molecule has 0 fully saturated rings. The lowest BCUT2D eigenvalue weighted by molar-refractivity contribution is 0.0435. The van der Waals surface area contributed by atoms with Crippen LogP contribution in [0.2, 0.25) is 0 Å². The van der Waals surface area contributed by atoms with Crippen LogP contribution in [0, 0.1) is 0 Å². The third-order valence-corrected chi connectivity index (χ3v) is 4.37. The minimum atomic E-state index is -0.176. The summed E-state index contributed by atoms with van der Waals surface area (Å²) in [6.07, 6.45) is 2.76. The Bertz CT molecular complexity index is 430. The quantitative estimate of drug-likeness (QED) is 0.885. The first kappa shape index (κ1) is 13.1. The van der Waals surface area contributed by atoms with Gasteiger partial charge in [0, 0.05) is 18.7 Å². The zero-order valence-electron chi connectivity index (χ0n) is 11.3. The molecule has 2 N–H and O–H groups in total. The smallest absolute Gasteiger partial charge is 0.254 e. The molecule has 1 aliphatic heterocycles. The highest BCUT2D eigenvalue weighted by Gasteiger charge is 2.38. The summed E-state index contributed by atoms with van der Waals surface area (Å²) in [5, 5.41) is 0. The number of fused-ring (bicyclic) bond motifs is 1. The first-order valence-electron chi connectivity index (χ1n) is 6.78. The summed E-state index contributed by atoms with van der Waals surface area (Å²) in [4.78, 5) is 14.6. The molecule has 3 nitrogen and oxygen atoms in total. The fourth-order valence-electron chi connectivity index (χ4n) is 2.91. The topological polar surface area (TPSA) is 46.3 Å². The molecule has 0 unspecified atom stereocenters. The van der Waals surface area contributed by atoms with Crippen LogP contribution in [-0.2, 0) is 6.42 Å². The average molecular weight is 246 g/mol. The normalized spacial score (nSPS) is 15.7. The third kappa shape index (κ3) is 1.93. The van der Waals surface area contributed by atoms with Crippen LogP contribution in [0.1, 0.15) is 42.6 Å². The number of hydrogen-bond donors (Lipinski definition) is 1. The highest BCUT2D eigenvalue weighted by Crippen LogP contribution is 2.29. The zero-order valence-corrected chi connectivity index (χ0v) is 11.3. The molecule has 1 aromatic rings. The Morgan fingerprint density at radius 3 is 2.56 bits per heavy atom. The molecular formula is C15H22N2O. The van der Waals surface area contributed by atoms with E-state index in [1.54, 1.807) is 0 Å². The molecule has 0 spiro atoms. The molecule has 1 heterocycles. The Morgan fingerprint density at radius 1 is 1.28 bits per heavy atom. The van der Waals surface area contributed by atoms with Gasteiger partial charge in [0.05, 0.1) is 5.54 Å². The molecule has 98 valence electrons. The van der Waals surface area contributed by atoms with E-state index in [-0.39, 0.29) is 11.4 Å². The Morgan fingerprint density at radius 2 is 1.94 bits per heavy atom. The fraction of sp³-hybridized carbons (Fsp3) is 0.533. The first-order chi connectivity index (χ1) is 8.68. The van der Waals surface area contributed by atoms with E-state index in [1.807, 2.05) is 29.2 Å². The number of carbonyl (C=O) groups excluding carboxylic acids is 1. The van der Waals surface area contributed by atoms with Crippen molar-refractivity contribution in [2.24, 2.45) is 5.73 Å². The van der Waals surface area contributed by atoms with E-state index in [4.69, 9.17) is 5.73 Å². The predicted molar refractivity (Wildman–Crippen MR) is 73.5 cm³/mol. The molecule has 1 aromatic carbocycles. The van der Waals surface area contributed by atoms with Gasteiger partial charge in [-0.25, -0.2) is 0 Å². The summed E-state index contributed by atoms with van der Waals surface area (Å²) in [6.45, 7) is 5.55. The van der Waals surface area contributed by atoms with Crippen molar-refractivity contribution in [3.05, 3.63) is 35.4 Å². The zero-order chi connectivity index (χ0) is 13.2. The van der Waals surface area contributed by atoms with Gasteiger partial charge >= 0.3 is 0 Å². The molecule has 0 aromatic heterocycles. The van der Waals surface area contributed by atoms with Gasteiger partial charge in [-0.1, -0.05) is 32.0 Å². The maximum atomic E-state index is 12.6. The Labute approximate surface area is 109 Å². The molecule has 0 bridgehead atoms. The van der Waals surface area contributed by atoms with Crippen LogP contribution >= 0.6 is 0 Å². The standard InChI is InChI=1S/C15H22N2O/c1-3-15(4-2,11-16)17-10-9-12-7-5-6-8-13(12)14(17)18/h5-8H,3-4,9-11,16H2,1-2H3. The highest BCUT2D eigenvalue weighted by atomic mass is 16.2. The minimum Gasteiger partial charge on any atom is -0.331 e. The molecule has 0 aliphatic carbocycles. The van der Waals surface area contributed by atoms with E-state index in [0.29, 0.717) is 6.54 Å². The monoisotopic (exact) mass is 246 g/mol. The molecule has 1 amide bonds. The van der Waals surface area contributed by atoms with Crippen molar-refractivity contribution in [3.63, 3.8) is 0 Å². The minimum absolute atomic E-state index is 0.144. The summed E-state index contributed by atoms with van der Waals surface area (Å²) in [5.41, 5.74) is 7.79. The molecule has 1 aliphatic rings. The van der Waals surface area contributed by atoms with Gasteiger partial charge in [-0.2, -0.15) is 0 Å². The summed E-state index contributed by atoms with van der Waals surface area (Å²) >= 11 is 0. The average Bonchev–Trinajstić information content (AvgIpc) is 2.43. The molecule has 18 heavy (non-hydrogen) atoms. The number of hydrogen-bond acceptors (Lipinski definition) is 2. The van der Waals surface area contributed by atoms with Crippen LogP contribution in [0.3, 0.4) is 0 Å². The lowest BCUT2D eigenvalue weighted by Crippen LogP contribution is -2.57. The summed E-state index contributed by atoms with van der Waals surface area (Å²) in [5.74, 6) is 0.144. The maximum absolute atomic E-state index is 12.6. The number of nitrogens with zero attached hydrogens (tertiary/aromatic N) is 1. The third-order valence-electron chi connectivity index (χ3n) is 4.37. The van der Waals surface area contributed by atoms with E-state index in [9.17, 15) is 4.79 Å². The Kier molecular flexibility index (Phi) is 3.71. The number of carbonyl (C=O) groups is 1. The van der Waals surface area contributed by atoms with E-state index >= 15 is 0 Å². The Hall–Kier alpha value is -1.35. The predicted octanol–water partition coefficient (Wildman–Crippen LogP) is 2.20. The van der Waals surface area contributed by atoms with Crippen molar-refractivity contribution in [2.75, 3.05) is 13.1 Å². The van der Waals surface area contributed by atoms with Gasteiger partial charge in [0.25, 0.3) is 5.91 Å². The van der Waals surface area contributed by atoms with Gasteiger partial charge in [0.15, 0.2) is 0 Å². The lowest BCUT2D eigenvalue weighted by atomic mass is 9.87. The van der Waals surface area contributed by atoms with E-state index < -0.39 is 0 Å². The molecule has 0 saturated carbocycles. The van der Waals surface area contributed by atoms with Crippen molar-refractivity contribution in [1.29, 1.82) is 0 Å². The van der Waals surface area contributed by atoms with E-state index in [1.165, 1.54) is 0 Å². The second-order valence-electron chi connectivity index (χ2n) is 5.00. The second-order valence-corrected chi connectivity index (χ2v) is 5.00. The van der Waals surface area contributed by atoms with Crippen LogP contribution in [0.15, 0.2) is 24.3 Å². The van der Waals surface area contributed by atoms with Gasteiger partial charge in [0.1, 0.15) is 0 Å². The van der Waals surface area contributed by atoms with Crippen LogP contribution < -0.4 is 5.73 Å². The molecule has 2 rings (SSSR count). The van der Waals surface area contributed by atoms with Crippen molar-refractivity contribution in [1.82, 2.24) is 4.90 Å². The Balaban J connectivity index is 2.37. The highest BCUT2D eigenvalue weighted by molar-refractivity contribution is 5.97. The van der Waals surface area contributed by atoms with E-state index in [0.717, 1.165) is 36.9 Å². The van der Waals surface area contributed by atoms with Crippen molar-refractivity contribution >= 4 is 5.91 Å². The van der Waals surface area contributed by atoms with Gasteiger partial charge in [-0.05, 0) is 30.9 Å². The summed E-state index contributed by atoms with van der Waals surface area (Å²) in [6, 6.07) is 7.91. The fourth-order valence-corrected chi connectivity index (χ4v) is 2.91. The van der Waals surface area contributed by atoms with Gasteiger partial charge in [-0.15, -0.1) is 0 Å². The van der Waals surface area contributed by atoms with Crippen molar-refractivity contribution in [3.8, 4) is 0 Å². The van der Waals surface area contributed by atoms with Gasteiger partial charge < -0.3 is 10.6 Å². The number of amides is 1. The van der Waals surface area contributed by atoms with Crippen molar-refractivity contribution < 1.29 is 4.79 Å². The molecule has 3 heteroatoms. The largest absolute Gasteiger partial charge is 0.331 e. The number of nitrogens with two attached hydrogens (primary N) is 1. The second kappa shape index (κ2) is 5.11. The van der Waals surface area contributed by atoms with E-state index in [2.05, 4.69) is 13.8 Å². The number of benzene rings is 1. The molecule has 0 atom stereocenters. The van der Waals surface area contributed by atoms with Crippen LogP contribution in [-0.4, -0.2) is 29.4 Å². The maximum Gasteiger partial charge on any atom is 0.254 e. The van der Waals surface area contributed by atoms with Crippen molar-refractivity contribution in [2.45, 2.75) is 38.6 Å². The number of rotatable bonds is 4. The van der Waals surface area contributed by atoms with Gasteiger partial charge in [0.2, 0.25) is 0 Å². The summed E-state index contributed by atoms with van der Waals surface area (Å²) < 4.78 is 0. The molecule has 0 radical (unpaired) electrons. The van der Waals surface area contributed by atoms with Crippen LogP contribution in [0.25, 0.3) is 0 Å². The summed E-state index contributed by atoms with van der Waals surface area (Å²) in [7, 11) is 0. The lowest BCUT2D eigenvalue weighted by Gasteiger charge is -2.44. The molecular weight excluding hydrogens is 224 g/mol. The van der Waals surface area contributed by atoms with Gasteiger partial charge in [-0.3, -0.25) is 4.79 Å². The first-order valence-corrected chi connectivity index (χ1v) is 6.78. The molecule has 0 saturated heterocycles.